The summed E-state index contributed by atoms with van der Waals surface area (Å²) in [6, 6.07) is 6.50. The van der Waals surface area contributed by atoms with Crippen molar-refractivity contribution in [2.75, 3.05) is 37.7 Å². The average Bonchev–Trinajstić information content (AvgIpc) is 3.21. The second-order valence-corrected chi connectivity index (χ2v) is 9.93. The predicted molar refractivity (Wildman–Crippen MR) is 115 cm³/mol. The van der Waals surface area contributed by atoms with Gasteiger partial charge in [0, 0.05) is 36.6 Å². The van der Waals surface area contributed by atoms with Gasteiger partial charge in [0.15, 0.2) is 5.78 Å². The third-order valence-corrected chi connectivity index (χ3v) is 7.65. The number of amides is 1. The Hall–Kier alpha value is -1.33. The molecule has 2 saturated heterocycles. The quantitative estimate of drug-likeness (QED) is 0.768. The second-order valence-electron chi connectivity index (χ2n) is 8.78. The highest BCUT2D eigenvalue weighted by Gasteiger charge is 2.37. The standard InChI is InChI=1S/C23H32N2O2S/c1-16(2)17-5-6-19-20(7-8-22(26)21(19)13-17)23(27)25-11-12-28-15-18(25)14-24-9-3-4-10-24/h5-6,13,16,18,20H,3-4,7-12,14-15H2,1-2H3. The highest BCUT2D eigenvalue weighted by molar-refractivity contribution is 7.99. The Bertz CT molecular complexity index is 742. The van der Waals surface area contributed by atoms with Crippen molar-refractivity contribution < 1.29 is 9.59 Å². The molecule has 1 aromatic rings. The Morgan fingerprint density at radius 3 is 2.75 bits per heavy atom. The first-order valence-electron chi connectivity index (χ1n) is 10.8. The van der Waals surface area contributed by atoms with E-state index >= 15 is 0 Å². The molecule has 0 saturated carbocycles. The van der Waals surface area contributed by atoms with Crippen LogP contribution in [0.1, 0.15) is 72.9 Å². The lowest BCUT2D eigenvalue weighted by molar-refractivity contribution is -0.135. The van der Waals surface area contributed by atoms with Crippen LogP contribution < -0.4 is 0 Å². The van der Waals surface area contributed by atoms with E-state index in [2.05, 4.69) is 35.8 Å². The number of fused-ring (bicyclic) bond motifs is 1. The van der Waals surface area contributed by atoms with Crippen molar-refractivity contribution in [2.45, 2.75) is 57.4 Å². The number of hydrogen-bond acceptors (Lipinski definition) is 4. The molecule has 0 radical (unpaired) electrons. The molecule has 2 unspecified atom stereocenters. The van der Waals surface area contributed by atoms with E-state index in [1.807, 2.05) is 17.8 Å². The number of nitrogens with zero attached hydrogens (tertiary/aromatic N) is 2. The van der Waals surface area contributed by atoms with Gasteiger partial charge in [-0.3, -0.25) is 9.59 Å². The molecule has 2 fully saturated rings. The molecule has 0 spiro atoms. The second kappa shape index (κ2) is 8.58. The van der Waals surface area contributed by atoms with Gasteiger partial charge < -0.3 is 9.80 Å². The number of ketones is 1. The number of benzene rings is 1. The fourth-order valence-electron chi connectivity index (χ4n) is 4.86. The number of carbonyl (C=O) groups is 2. The summed E-state index contributed by atoms with van der Waals surface area (Å²) in [6.07, 6.45) is 3.71. The zero-order valence-electron chi connectivity index (χ0n) is 17.2. The van der Waals surface area contributed by atoms with Crippen molar-refractivity contribution in [3.63, 3.8) is 0 Å². The average molecular weight is 401 g/mol. The van der Waals surface area contributed by atoms with Crippen molar-refractivity contribution in [2.24, 2.45) is 0 Å². The molecule has 28 heavy (non-hydrogen) atoms. The third-order valence-electron chi connectivity index (χ3n) is 6.56. The van der Waals surface area contributed by atoms with Crippen LogP contribution in [0.3, 0.4) is 0 Å². The molecule has 1 aliphatic carbocycles. The Morgan fingerprint density at radius 1 is 1.21 bits per heavy atom. The first kappa shape index (κ1) is 20.0. The molecule has 4 rings (SSSR count). The number of likely N-dealkylation sites (tertiary alicyclic amines) is 1. The Balaban J connectivity index is 1.56. The summed E-state index contributed by atoms with van der Waals surface area (Å²) >= 11 is 1.97. The maximum atomic E-state index is 13.6. The lowest BCUT2D eigenvalue weighted by Gasteiger charge is -2.40. The molecule has 0 N–H and O–H groups in total. The molecule has 152 valence electrons. The highest BCUT2D eigenvalue weighted by Crippen LogP contribution is 2.36. The Kier molecular flexibility index (Phi) is 6.12. The molecule has 2 atom stereocenters. The summed E-state index contributed by atoms with van der Waals surface area (Å²) < 4.78 is 0. The summed E-state index contributed by atoms with van der Waals surface area (Å²) in [6.45, 7) is 8.47. The van der Waals surface area contributed by atoms with E-state index in [9.17, 15) is 9.59 Å². The van der Waals surface area contributed by atoms with Crippen LogP contribution >= 0.6 is 11.8 Å². The molecule has 4 nitrogen and oxygen atoms in total. The Labute approximate surface area is 173 Å². The topological polar surface area (TPSA) is 40.6 Å². The number of thioether (sulfide) groups is 1. The van der Waals surface area contributed by atoms with E-state index in [0.29, 0.717) is 24.8 Å². The molecule has 3 aliphatic rings. The predicted octanol–water partition coefficient (Wildman–Crippen LogP) is 3.91. The van der Waals surface area contributed by atoms with Crippen molar-refractivity contribution in [3.05, 3.63) is 34.9 Å². The van der Waals surface area contributed by atoms with Crippen LogP contribution in [0.5, 0.6) is 0 Å². The van der Waals surface area contributed by atoms with Gasteiger partial charge in [0.2, 0.25) is 5.91 Å². The Morgan fingerprint density at radius 2 is 2.00 bits per heavy atom. The summed E-state index contributed by atoms with van der Waals surface area (Å²) in [7, 11) is 0. The molecular weight excluding hydrogens is 368 g/mol. The molecule has 1 amide bonds. The largest absolute Gasteiger partial charge is 0.336 e. The summed E-state index contributed by atoms with van der Waals surface area (Å²) in [5, 5.41) is 0. The van der Waals surface area contributed by atoms with Crippen LogP contribution in [0.15, 0.2) is 18.2 Å². The minimum atomic E-state index is -0.155. The van der Waals surface area contributed by atoms with Crippen LogP contribution in [-0.4, -0.2) is 65.2 Å². The van der Waals surface area contributed by atoms with E-state index < -0.39 is 0 Å². The number of rotatable bonds is 4. The van der Waals surface area contributed by atoms with Crippen molar-refractivity contribution in [1.29, 1.82) is 0 Å². The third kappa shape index (κ3) is 4.02. The normalized spacial score (nSPS) is 26.0. The monoisotopic (exact) mass is 400 g/mol. The first-order chi connectivity index (χ1) is 13.5. The van der Waals surface area contributed by atoms with Gasteiger partial charge in [0.05, 0.1) is 12.0 Å². The molecule has 2 aliphatic heterocycles. The molecule has 1 aromatic carbocycles. The molecule has 2 heterocycles. The van der Waals surface area contributed by atoms with Gasteiger partial charge in [-0.2, -0.15) is 11.8 Å². The van der Waals surface area contributed by atoms with Crippen molar-refractivity contribution >= 4 is 23.5 Å². The summed E-state index contributed by atoms with van der Waals surface area (Å²) in [5.41, 5.74) is 2.93. The lowest BCUT2D eigenvalue weighted by atomic mass is 9.79. The molecule has 0 aromatic heterocycles. The van der Waals surface area contributed by atoms with E-state index in [0.717, 1.165) is 35.7 Å². The minimum Gasteiger partial charge on any atom is -0.336 e. The zero-order chi connectivity index (χ0) is 19.7. The smallest absolute Gasteiger partial charge is 0.230 e. The fourth-order valence-corrected chi connectivity index (χ4v) is 5.91. The zero-order valence-corrected chi connectivity index (χ0v) is 18.0. The highest BCUT2D eigenvalue weighted by atomic mass is 32.2. The van der Waals surface area contributed by atoms with E-state index in [4.69, 9.17) is 0 Å². The molecular formula is C23H32N2O2S. The van der Waals surface area contributed by atoms with Gasteiger partial charge in [-0.15, -0.1) is 0 Å². The van der Waals surface area contributed by atoms with Gasteiger partial charge in [0.1, 0.15) is 0 Å². The lowest BCUT2D eigenvalue weighted by Crippen LogP contribution is -2.52. The van der Waals surface area contributed by atoms with Crippen molar-refractivity contribution in [3.8, 4) is 0 Å². The van der Waals surface area contributed by atoms with Crippen LogP contribution in [0.25, 0.3) is 0 Å². The summed E-state index contributed by atoms with van der Waals surface area (Å²) in [5.74, 6) is 2.73. The van der Waals surface area contributed by atoms with E-state index in [1.54, 1.807) is 0 Å². The van der Waals surface area contributed by atoms with Crippen molar-refractivity contribution in [1.82, 2.24) is 9.80 Å². The maximum Gasteiger partial charge on any atom is 0.230 e. The fraction of sp³-hybridized carbons (Fsp3) is 0.652. The van der Waals surface area contributed by atoms with Gasteiger partial charge in [0.25, 0.3) is 0 Å². The SMILES string of the molecule is CC(C)c1ccc2c(c1)C(=O)CCC2C(=O)N1CCSCC1CN1CCCC1. The van der Waals surface area contributed by atoms with Crippen LogP contribution in [0, 0.1) is 0 Å². The first-order valence-corrected chi connectivity index (χ1v) is 12.0. The number of carbonyl (C=O) groups excluding carboxylic acids is 2. The minimum absolute atomic E-state index is 0.155. The number of hydrogen-bond donors (Lipinski definition) is 0. The van der Waals surface area contributed by atoms with Crippen LogP contribution in [0.2, 0.25) is 0 Å². The van der Waals surface area contributed by atoms with E-state index in [-0.39, 0.29) is 17.6 Å². The van der Waals surface area contributed by atoms with Crippen LogP contribution in [-0.2, 0) is 4.79 Å². The van der Waals surface area contributed by atoms with Gasteiger partial charge in [-0.05, 0) is 55.5 Å². The maximum absolute atomic E-state index is 13.6. The van der Waals surface area contributed by atoms with E-state index in [1.165, 1.54) is 31.5 Å². The number of Topliss-reactive ketones (excluding diaryl/α,β-unsaturated/α-hetero) is 1. The van der Waals surface area contributed by atoms with Gasteiger partial charge >= 0.3 is 0 Å². The van der Waals surface area contributed by atoms with Crippen LogP contribution in [0.4, 0.5) is 0 Å². The summed E-state index contributed by atoms with van der Waals surface area (Å²) in [4.78, 5) is 30.8. The van der Waals surface area contributed by atoms with Gasteiger partial charge in [-0.1, -0.05) is 26.0 Å². The van der Waals surface area contributed by atoms with Gasteiger partial charge in [-0.25, -0.2) is 0 Å². The molecule has 5 heteroatoms. The molecule has 0 bridgehead atoms.